The molecule has 2 aromatic rings. The molecule has 2 aromatic heterocycles. The van der Waals surface area contributed by atoms with Crippen molar-refractivity contribution in [3.63, 3.8) is 0 Å². The van der Waals surface area contributed by atoms with E-state index in [4.69, 9.17) is 9.26 Å². The molecule has 0 saturated heterocycles. The van der Waals surface area contributed by atoms with Crippen molar-refractivity contribution in [1.82, 2.24) is 24.9 Å². The number of aromatic amines is 1. The number of nitrogens with zero attached hydrogens (tertiary/aromatic N) is 4. The van der Waals surface area contributed by atoms with Crippen molar-refractivity contribution in [3.8, 4) is 22.0 Å². The number of aryl methyl sites for hydroxylation is 2. The van der Waals surface area contributed by atoms with Crippen LogP contribution in [0.15, 0.2) is 39.2 Å². The molecule has 0 aromatic carbocycles. The number of hydrogen-bond acceptors (Lipinski definition) is 8. The van der Waals surface area contributed by atoms with Crippen LogP contribution in [0, 0.1) is 0 Å². The SMILES string of the molecule is COC(=O)c1cn(CCc2nc(-c3cccs3)no2)cc2c(=O)[nH]nc1-2. The van der Waals surface area contributed by atoms with Crippen molar-refractivity contribution in [3.05, 3.63) is 51.7 Å². The van der Waals surface area contributed by atoms with Crippen LogP contribution in [-0.4, -0.2) is 38.0 Å². The number of carbonyl (C=O) groups is 1. The molecule has 0 spiro atoms. The summed E-state index contributed by atoms with van der Waals surface area (Å²) < 4.78 is 11.7. The third kappa shape index (κ3) is 2.90. The number of carbonyl (C=O) groups excluding carboxylic acids is 1. The van der Waals surface area contributed by atoms with Gasteiger partial charge in [0.05, 0.1) is 17.6 Å². The molecule has 1 N–H and O–H groups in total. The molecule has 0 radical (unpaired) electrons. The Morgan fingerprint density at radius 1 is 1.42 bits per heavy atom. The van der Waals surface area contributed by atoms with Gasteiger partial charge in [-0.15, -0.1) is 11.3 Å². The van der Waals surface area contributed by atoms with E-state index in [0.717, 1.165) is 4.88 Å². The average molecular weight is 371 g/mol. The van der Waals surface area contributed by atoms with Crippen LogP contribution in [0.25, 0.3) is 22.0 Å². The molecular weight excluding hydrogens is 358 g/mol. The fourth-order valence-electron chi connectivity index (χ4n) is 2.57. The molecule has 4 rings (SSSR count). The monoisotopic (exact) mass is 371 g/mol. The number of H-pyrrole nitrogens is 1. The molecule has 2 aliphatic heterocycles. The second-order valence-electron chi connectivity index (χ2n) is 5.46. The minimum Gasteiger partial charge on any atom is -0.465 e. The van der Waals surface area contributed by atoms with Gasteiger partial charge in [0.1, 0.15) is 11.3 Å². The molecule has 2 aliphatic rings. The van der Waals surface area contributed by atoms with Crippen LogP contribution >= 0.6 is 11.3 Å². The lowest BCUT2D eigenvalue weighted by molar-refractivity contribution is 0.0600. The number of rotatable bonds is 5. The van der Waals surface area contributed by atoms with Crippen LogP contribution < -0.4 is 5.56 Å². The summed E-state index contributed by atoms with van der Waals surface area (Å²) in [6, 6.07) is 3.83. The molecule has 132 valence electrons. The van der Waals surface area contributed by atoms with Gasteiger partial charge >= 0.3 is 5.97 Å². The molecule has 4 heterocycles. The second kappa shape index (κ2) is 6.56. The minimum absolute atomic E-state index is 0.216. The first-order chi connectivity index (χ1) is 12.7. The Hall–Kier alpha value is -3.27. The maximum absolute atomic E-state index is 12.0. The van der Waals surface area contributed by atoms with Gasteiger partial charge in [-0.2, -0.15) is 10.1 Å². The van der Waals surface area contributed by atoms with E-state index >= 15 is 0 Å². The molecule has 10 heteroatoms. The van der Waals surface area contributed by atoms with E-state index in [2.05, 4.69) is 20.3 Å². The number of aromatic nitrogens is 5. The Kier molecular flexibility index (Phi) is 4.09. The highest BCUT2D eigenvalue weighted by atomic mass is 32.1. The van der Waals surface area contributed by atoms with Crippen LogP contribution in [0.4, 0.5) is 0 Å². The first-order valence-corrected chi connectivity index (χ1v) is 8.56. The molecule has 26 heavy (non-hydrogen) atoms. The summed E-state index contributed by atoms with van der Waals surface area (Å²) in [5.41, 5.74) is 0.457. The average Bonchev–Trinajstić information content (AvgIpc) is 3.40. The van der Waals surface area contributed by atoms with E-state index < -0.39 is 5.97 Å². The fourth-order valence-corrected chi connectivity index (χ4v) is 3.21. The lowest BCUT2D eigenvalue weighted by atomic mass is 10.1. The Morgan fingerprint density at radius 3 is 3.08 bits per heavy atom. The first-order valence-electron chi connectivity index (χ1n) is 7.68. The second-order valence-corrected chi connectivity index (χ2v) is 6.40. The van der Waals surface area contributed by atoms with E-state index in [9.17, 15) is 9.59 Å². The zero-order chi connectivity index (χ0) is 18.1. The summed E-state index contributed by atoms with van der Waals surface area (Å²) in [4.78, 5) is 29.1. The molecule has 0 fully saturated rings. The van der Waals surface area contributed by atoms with Crippen molar-refractivity contribution >= 4 is 17.3 Å². The van der Waals surface area contributed by atoms with Gasteiger partial charge in [-0.1, -0.05) is 11.2 Å². The number of thiophene rings is 1. The summed E-state index contributed by atoms with van der Waals surface area (Å²) in [6.07, 6.45) is 3.66. The minimum atomic E-state index is -0.561. The molecule has 0 aliphatic carbocycles. The predicted molar refractivity (Wildman–Crippen MR) is 92.1 cm³/mol. The van der Waals surface area contributed by atoms with Gasteiger partial charge in [0.2, 0.25) is 11.7 Å². The Morgan fingerprint density at radius 2 is 2.31 bits per heavy atom. The highest BCUT2D eigenvalue weighted by molar-refractivity contribution is 7.13. The fraction of sp³-hybridized carbons (Fsp3) is 0.188. The highest BCUT2D eigenvalue weighted by Gasteiger charge is 2.22. The lowest BCUT2D eigenvalue weighted by Gasteiger charge is -2.10. The number of esters is 1. The summed E-state index contributed by atoms with van der Waals surface area (Å²) in [5, 5.41) is 12.1. The quantitative estimate of drug-likeness (QED) is 0.532. The van der Waals surface area contributed by atoms with Crippen LogP contribution in [0.1, 0.15) is 16.2 Å². The van der Waals surface area contributed by atoms with E-state index in [1.54, 1.807) is 17.0 Å². The first kappa shape index (κ1) is 16.2. The lowest BCUT2D eigenvalue weighted by Crippen LogP contribution is -2.13. The number of hydrogen-bond donors (Lipinski definition) is 1. The summed E-state index contributed by atoms with van der Waals surface area (Å²) in [5.74, 6) is 0.450. The molecule has 0 unspecified atom stereocenters. The van der Waals surface area contributed by atoms with Gasteiger partial charge in [0, 0.05) is 25.4 Å². The van der Waals surface area contributed by atoms with Gasteiger partial charge in [0.15, 0.2) is 0 Å². The van der Waals surface area contributed by atoms with Crippen LogP contribution in [0.5, 0.6) is 0 Å². The third-order valence-electron chi connectivity index (χ3n) is 3.81. The smallest absolute Gasteiger partial charge is 0.341 e. The van der Waals surface area contributed by atoms with E-state index in [0.29, 0.717) is 30.2 Å². The molecule has 0 amide bonds. The standard InChI is InChI=1S/C16H13N5O4S/c1-24-16(23)10-8-21(7-9-13(10)18-19-15(9)22)5-4-12-17-14(20-25-12)11-3-2-6-26-11/h2-3,6-8H,4-5H2,1H3,(H,19,22). The number of pyridine rings is 1. The van der Waals surface area contributed by atoms with Gasteiger partial charge in [-0.25, -0.2) is 9.89 Å². The third-order valence-corrected chi connectivity index (χ3v) is 4.68. The number of ether oxygens (including phenoxy) is 1. The van der Waals surface area contributed by atoms with E-state index in [-0.39, 0.29) is 16.8 Å². The summed E-state index contributed by atoms with van der Waals surface area (Å²) in [6.45, 7) is 0.441. The van der Waals surface area contributed by atoms with Crippen LogP contribution in [-0.2, 0) is 17.7 Å². The van der Waals surface area contributed by atoms with Crippen molar-refractivity contribution < 1.29 is 14.1 Å². The van der Waals surface area contributed by atoms with Gasteiger partial charge in [-0.05, 0) is 11.4 Å². The van der Waals surface area contributed by atoms with Crippen molar-refractivity contribution in [2.24, 2.45) is 0 Å². The summed E-state index contributed by atoms with van der Waals surface area (Å²) >= 11 is 1.53. The molecule has 0 atom stereocenters. The molecule has 0 saturated carbocycles. The summed E-state index contributed by atoms with van der Waals surface area (Å²) in [7, 11) is 1.28. The largest absolute Gasteiger partial charge is 0.465 e. The molecule has 0 bridgehead atoms. The van der Waals surface area contributed by atoms with Crippen molar-refractivity contribution in [1.29, 1.82) is 0 Å². The normalized spacial score (nSPS) is 11.1. The predicted octanol–water partition coefficient (Wildman–Crippen LogP) is 1.82. The van der Waals surface area contributed by atoms with Crippen LogP contribution in [0.3, 0.4) is 0 Å². The zero-order valence-electron chi connectivity index (χ0n) is 13.6. The van der Waals surface area contributed by atoms with Crippen molar-refractivity contribution in [2.45, 2.75) is 13.0 Å². The maximum Gasteiger partial charge on any atom is 0.341 e. The van der Waals surface area contributed by atoms with Crippen molar-refractivity contribution in [2.75, 3.05) is 7.11 Å². The molecule has 9 nitrogen and oxygen atoms in total. The number of fused-ring (bicyclic) bond motifs is 1. The topological polar surface area (TPSA) is 116 Å². The highest BCUT2D eigenvalue weighted by Crippen LogP contribution is 2.22. The van der Waals surface area contributed by atoms with Gasteiger partial charge < -0.3 is 13.8 Å². The van der Waals surface area contributed by atoms with Gasteiger partial charge in [-0.3, -0.25) is 4.79 Å². The van der Waals surface area contributed by atoms with Gasteiger partial charge in [0.25, 0.3) is 5.56 Å². The van der Waals surface area contributed by atoms with E-state index in [1.165, 1.54) is 18.4 Å². The molecular formula is C16H13N5O4S. The van der Waals surface area contributed by atoms with Crippen LogP contribution in [0.2, 0.25) is 0 Å². The Labute approximate surface area is 150 Å². The Balaban J connectivity index is 1.59. The maximum atomic E-state index is 12.0. The zero-order valence-corrected chi connectivity index (χ0v) is 14.4. The number of nitrogens with one attached hydrogen (secondary N) is 1. The Bertz CT molecular complexity index is 1080. The number of methoxy groups -OCH3 is 1. The van der Waals surface area contributed by atoms with E-state index in [1.807, 2.05) is 17.5 Å².